The molecule has 6 heteroatoms. The van der Waals surface area contributed by atoms with Crippen LogP contribution in [0.25, 0.3) is 0 Å². The van der Waals surface area contributed by atoms with Gasteiger partial charge in [0.25, 0.3) is 5.91 Å². The van der Waals surface area contributed by atoms with E-state index in [4.69, 9.17) is 9.47 Å². The quantitative estimate of drug-likeness (QED) is 0.871. The Morgan fingerprint density at radius 3 is 2.70 bits per heavy atom. The topological polar surface area (TPSA) is 60.5 Å². The maximum Gasteiger partial charge on any atom is 0.258 e. The Labute approximate surface area is 125 Å². The average molecular weight is 337 g/mol. The van der Waals surface area contributed by atoms with Gasteiger partial charge in [0.1, 0.15) is 16.1 Å². The zero-order valence-electron chi connectivity index (χ0n) is 11.0. The van der Waals surface area contributed by atoms with E-state index in [-0.39, 0.29) is 5.91 Å². The third-order valence-corrected chi connectivity index (χ3v) is 3.29. The van der Waals surface area contributed by atoms with Crippen molar-refractivity contribution in [2.24, 2.45) is 0 Å². The van der Waals surface area contributed by atoms with Gasteiger partial charge in [0, 0.05) is 12.3 Å². The summed E-state index contributed by atoms with van der Waals surface area (Å²) in [5, 5.41) is 2.78. The Balaban J connectivity index is 2.26. The van der Waals surface area contributed by atoms with Gasteiger partial charge >= 0.3 is 0 Å². The number of nitrogens with zero attached hydrogens (tertiary/aromatic N) is 1. The first-order valence-electron chi connectivity index (χ1n) is 5.79. The second kappa shape index (κ2) is 6.38. The molecular weight excluding hydrogens is 324 g/mol. The van der Waals surface area contributed by atoms with E-state index in [1.807, 2.05) is 0 Å². The summed E-state index contributed by atoms with van der Waals surface area (Å²) < 4.78 is 10.8. The van der Waals surface area contributed by atoms with Crippen LogP contribution < -0.4 is 14.8 Å². The van der Waals surface area contributed by atoms with Crippen molar-refractivity contribution in [2.75, 3.05) is 19.5 Å². The van der Waals surface area contributed by atoms with Gasteiger partial charge < -0.3 is 14.8 Å². The maximum absolute atomic E-state index is 12.2. The molecular formula is C14H13BrN2O3. The van der Waals surface area contributed by atoms with Gasteiger partial charge in [0.15, 0.2) is 0 Å². The first kappa shape index (κ1) is 14.3. The largest absolute Gasteiger partial charge is 0.497 e. The molecule has 0 fully saturated rings. The Hall–Kier alpha value is -2.08. The molecule has 0 saturated carbocycles. The Kier molecular flexibility index (Phi) is 4.57. The fraction of sp³-hybridized carbons (Fsp3) is 0.143. The maximum atomic E-state index is 12.2. The van der Waals surface area contributed by atoms with Crippen molar-refractivity contribution in [1.29, 1.82) is 0 Å². The second-order valence-corrected chi connectivity index (χ2v) is 4.61. The summed E-state index contributed by atoms with van der Waals surface area (Å²) in [7, 11) is 3.10. The summed E-state index contributed by atoms with van der Waals surface area (Å²) in [6.45, 7) is 0. The van der Waals surface area contributed by atoms with Crippen LogP contribution in [0.15, 0.2) is 41.1 Å². The molecule has 1 aromatic carbocycles. The first-order valence-corrected chi connectivity index (χ1v) is 6.59. The smallest absolute Gasteiger partial charge is 0.258 e. The lowest BCUT2D eigenvalue weighted by Gasteiger charge is -2.12. The molecule has 0 aliphatic carbocycles. The molecule has 1 aromatic heterocycles. The van der Waals surface area contributed by atoms with E-state index in [1.165, 1.54) is 7.11 Å². The lowest BCUT2D eigenvalue weighted by atomic mass is 10.2. The van der Waals surface area contributed by atoms with E-state index in [9.17, 15) is 4.79 Å². The molecule has 5 nitrogen and oxygen atoms in total. The Morgan fingerprint density at radius 2 is 2.05 bits per heavy atom. The highest BCUT2D eigenvalue weighted by Crippen LogP contribution is 2.29. The highest BCUT2D eigenvalue weighted by Gasteiger charge is 2.13. The highest BCUT2D eigenvalue weighted by atomic mass is 79.9. The van der Waals surface area contributed by atoms with Crippen molar-refractivity contribution in [3.8, 4) is 11.5 Å². The van der Waals surface area contributed by atoms with Crippen LogP contribution in [0, 0.1) is 0 Å². The number of benzene rings is 1. The molecule has 104 valence electrons. The van der Waals surface area contributed by atoms with Crippen LogP contribution in [-0.2, 0) is 0 Å². The number of hydrogen-bond acceptors (Lipinski definition) is 4. The van der Waals surface area contributed by atoms with Crippen molar-refractivity contribution in [1.82, 2.24) is 4.98 Å². The number of ether oxygens (including phenoxy) is 2. The van der Waals surface area contributed by atoms with Crippen LogP contribution in [-0.4, -0.2) is 25.1 Å². The van der Waals surface area contributed by atoms with Gasteiger partial charge in [-0.15, -0.1) is 0 Å². The molecule has 1 N–H and O–H groups in total. The van der Waals surface area contributed by atoms with Crippen molar-refractivity contribution in [3.05, 3.63) is 46.7 Å². The monoisotopic (exact) mass is 336 g/mol. The Morgan fingerprint density at radius 1 is 1.25 bits per heavy atom. The van der Waals surface area contributed by atoms with Gasteiger partial charge in [-0.3, -0.25) is 4.79 Å². The number of methoxy groups -OCH3 is 2. The summed E-state index contributed by atoms with van der Waals surface area (Å²) >= 11 is 3.25. The van der Waals surface area contributed by atoms with Gasteiger partial charge in [-0.2, -0.15) is 0 Å². The van der Waals surface area contributed by atoms with Crippen LogP contribution in [0.5, 0.6) is 11.5 Å². The number of hydrogen-bond donors (Lipinski definition) is 1. The van der Waals surface area contributed by atoms with Crippen molar-refractivity contribution in [3.63, 3.8) is 0 Å². The zero-order valence-corrected chi connectivity index (χ0v) is 12.6. The average Bonchev–Trinajstić information content (AvgIpc) is 2.48. The molecule has 0 unspecified atom stereocenters. The molecule has 0 aliphatic heterocycles. The molecule has 1 heterocycles. The minimum absolute atomic E-state index is 0.270. The molecule has 0 aliphatic rings. The van der Waals surface area contributed by atoms with Gasteiger partial charge in [0.2, 0.25) is 0 Å². The van der Waals surface area contributed by atoms with E-state index in [0.717, 1.165) is 0 Å². The van der Waals surface area contributed by atoms with E-state index >= 15 is 0 Å². The van der Waals surface area contributed by atoms with Gasteiger partial charge in [0.05, 0.1) is 25.5 Å². The number of carbonyl (C=O) groups is 1. The van der Waals surface area contributed by atoms with Crippen molar-refractivity contribution < 1.29 is 14.3 Å². The molecule has 0 radical (unpaired) electrons. The van der Waals surface area contributed by atoms with Crippen LogP contribution in [0.1, 0.15) is 10.4 Å². The molecule has 2 aromatic rings. The summed E-state index contributed by atoms with van der Waals surface area (Å²) in [5.74, 6) is 0.911. The zero-order chi connectivity index (χ0) is 14.5. The summed E-state index contributed by atoms with van der Waals surface area (Å²) in [5.41, 5.74) is 1.01. The van der Waals surface area contributed by atoms with Crippen molar-refractivity contribution >= 4 is 27.5 Å². The number of anilines is 1. The Bertz CT molecular complexity index is 632. The predicted octanol–water partition coefficient (Wildman–Crippen LogP) is 3.11. The third-order valence-electron chi connectivity index (χ3n) is 2.66. The van der Waals surface area contributed by atoms with E-state index < -0.39 is 0 Å². The van der Waals surface area contributed by atoms with E-state index in [0.29, 0.717) is 27.4 Å². The van der Waals surface area contributed by atoms with Gasteiger partial charge in [-0.05, 0) is 40.2 Å². The standard InChI is InChI=1S/C14H13BrN2O3/c1-19-9-5-6-11(12(8-9)20-2)17-14(18)10-4-3-7-16-13(10)15/h3-8H,1-2H3,(H,17,18). The molecule has 1 amide bonds. The molecule has 20 heavy (non-hydrogen) atoms. The number of amides is 1. The molecule has 0 atom stereocenters. The molecule has 0 bridgehead atoms. The summed E-state index contributed by atoms with van der Waals surface area (Å²) in [6, 6.07) is 8.55. The number of aromatic nitrogens is 1. The number of carbonyl (C=O) groups excluding carboxylic acids is 1. The van der Waals surface area contributed by atoms with Crippen LogP contribution >= 0.6 is 15.9 Å². The number of halogens is 1. The van der Waals surface area contributed by atoms with Crippen LogP contribution in [0.2, 0.25) is 0 Å². The molecule has 0 saturated heterocycles. The van der Waals surface area contributed by atoms with Gasteiger partial charge in [-0.1, -0.05) is 0 Å². The highest BCUT2D eigenvalue weighted by molar-refractivity contribution is 9.10. The van der Waals surface area contributed by atoms with Crippen LogP contribution in [0.4, 0.5) is 5.69 Å². The minimum atomic E-state index is -0.270. The predicted molar refractivity (Wildman–Crippen MR) is 79.4 cm³/mol. The fourth-order valence-corrected chi connectivity index (χ4v) is 2.08. The summed E-state index contributed by atoms with van der Waals surface area (Å²) in [4.78, 5) is 16.2. The fourth-order valence-electron chi connectivity index (χ4n) is 1.65. The number of nitrogens with one attached hydrogen (secondary N) is 1. The van der Waals surface area contributed by atoms with E-state index in [2.05, 4.69) is 26.2 Å². The molecule has 2 rings (SSSR count). The first-order chi connectivity index (χ1) is 9.65. The van der Waals surface area contributed by atoms with Gasteiger partial charge in [-0.25, -0.2) is 4.98 Å². The van der Waals surface area contributed by atoms with Crippen LogP contribution in [0.3, 0.4) is 0 Å². The SMILES string of the molecule is COc1ccc(NC(=O)c2cccnc2Br)c(OC)c1. The minimum Gasteiger partial charge on any atom is -0.497 e. The number of pyridine rings is 1. The lowest BCUT2D eigenvalue weighted by Crippen LogP contribution is -2.13. The van der Waals surface area contributed by atoms with E-state index in [1.54, 1.807) is 43.6 Å². The number of rotatable bonds is 4. The normalized spacial score (nSPS) is 9.95. The third kappa shape index (κ3) is 3.08. The summed E-state index contributed by atoms with van der Waals surface area (Å²) in [6.07, 6.45) is 1.61. The second-order valence-electron chi connectivity index (χ2n) is 3.86. The van der Waals surface area contributed by atoms with Crippen molar-refractivity contribution in [2.45, 2.75) is 0 Å². The molecule has 0 spiro atoms. The lowest BCUT2D eigenvalue weighted by molar-refractivity contribution is 0.102.